The molecule has 0 aromatic heterocycles. The lowest BCUT2D eigenvalue weighted by Gasteiger charge is -2.33. The van der Waals surface area contributed by atoms with E-state index in [1.165, 1.54) is 6.42 Å². The van der Waals surface area contributed by atoms with E-state index in [1.54, 1.807) is 0 Å². The Bertz CT molecular complexity index is 391. The molecule has 1 aromatic rings. The molecule has 2 nitrogen and oxygen atoms in total. The zero-order chi connectivity index (χ0) is 12.3. The number of hydrogen-bond donors (Lipinski definition) is 1. The first-order chi connectivity index (χ1) is 8.12. The fraction of sp³-hybridized carbons (Fsp3) is 0.500. The van der Waals surface area contributed by atoms with Gasteiger partial charge in [0.05, 0.1) is 5.41 Å². The van der Waals surface area contributed by atoms with Gasteiger partial charge in [-0.2, -0.15) is 0 Å². The summed E-state index contributed by atoms with van der Waals surface area (Å²) < 4.78 is 1.04. The maximum atomic E-state index is 11.5. The first-order valence-corrected chi connectivity index (χ1v) is 6.90. The lowest BCUT2D eigenvalue weighted by atomic mass is 9.70. The molecule has 92 valence electrons. The van der Waals surface area contributed by atoms with E-state index < -0.39 is 11.4 Å². The molecule has 1 aliphatic carbocycles. The molecule has 1 N–H and O–H groups in total. The normalized spacial score (nSPS) is 18.9. The minimum atomic E-state index is -0.625. The molecule has 0 unspecified atom stereocenters. The van der Waals surface area contributed by atoms with Crippen LogP contribution in [-0.2, 0) is 11.2 Å². The predicted octanol–water partition coefficient (Wildman–Crippen LogP) is 4.03. The van der Waals surface area contributed by atoms with Crippen LogP contribution in [0, 0.1) is 5.41 Å². The van der Waals surface area contributed by atoms with Crippen LogP contribution in [0.2, 0.25) is 0 Å². The van der Waals surface area contributed by atoms with Crippen molar-refractivity contribution in [3.05, 3.63) is 34.3 Å². The summed E-state index contributed by atoms with van der Waals surface area (Å²) in [6.07, 6.45) is 5.56. The van der Waals surface area contributed by atoms with Crippen LogP contribution in [0.1, 0.15) is 37.7 Å². The fourth-order valence-corrected chi connectivity index (χ4v) is 2.95. The monoisotopic (exact) mass is 296 g/mol. The number of aliphatic carboxylic acids is 1. The molecular formula is C14H17BrO2. The van der Waals surface area contributed by atoms with Gasteiger partial charge in [-0.15, -0.1) is 0 Å². The van der Waals surface area contributed by atoms with Crippen molar-refractivity contribution in [2.75, 3.05) is 0 Å². The van der Waals surface area contributed by atoms with E-state index in [-0.39, 0.29) is 0 Å². The van der Waals surface area contributed by atoms with Crippen LogP contribution in [0.4, 0.5) is 0 Å². The van der Waals surface area contributed by atoms with E-state index in [9.17, 15) is 9.90 Å². The van der Waals surface area contributed by atoms with Crippen molar-refractivity contribution in [1.29, 1.82) is 0 Å². The van der Waals surface area contributed by atoms with E-state index in [0.717, 1.165) is 35.7 Å². The molecule has 2 rings (SSSR count). The van der Waals surface area contributed by atoms with Crippen molar-refractivity contribution in [3.8, 4) is 0 Å². The molecule has 3 heteroatoms. The molecule has 0 amide bonds. The molecule has 0 heterocycles. The van der Waals surface area contributed by atoms with Gasteiger partial charge in [-0.25, -0.2) is 0 Å². The van der Waals surface area contributed by atoms with Gasteiger partial charge in [0, 0.05) is 4.47 Å². The smallest absolute Gasteiger partial charge is 0.309 e. The van der Waals surface area contributed by atoms with E-state index in [2.05, 4.69) is 15.9 Å². The molecular weight excluding hydrogens is 280 g/mol. The first kappa shape index (κ1) is 12.6. The van der Waals surface area contributed by atoms with E-state index in [0.29, 0.717) is 6.42 Å². The zero-order valence-electron chi connectivity index (χ0n) is 9.79. The van der Waals surface area contributed by atoms with Gasteiger partial charge in [-0.05, 0) is 37.0 Å². The first-order valence-electron chi connectivity index (χ1n) is 6.10. The van der Waals surface area contributed by atoms with Crippen LogP contribution in [0.3, 0.4) is 0 Å². The molecule has 1 saturated carbocycles. The SMILES string of the molecule is O=C(O)C1(Cc2ccc(Br)cc2)CCCCC1. The van der Waals surface area contributed by atoms with Gasteiger partial charge in [0.15, 0.2) is 0 Å². The van der Waals surface area contributed by atoms with Crippen LogP contribution >= 0.6 is 15.9 Å². The number of rotatable bonds is 3. The predicted molar refractivity (Wildman–Crippen MR) is 71.0 cm³/mol. The molecule has 0 spiro atoms. The largest absolute Gasteiger partial charge is 0.481 e. The third kappa shape index (κ3) is 2.89. The molecule has 17 heavy (non-hydrogen) atoms. The molecule has 0 radical (unpaired) electrons. The topological polar surface area (TPSA) is 37.3 Å². The molecule has 1 aliphatic rings. The summed E-state index contributed by atoms with van der Waals surface area (Å²) in [7, 11) is 0. The number of hydrogen-bond acceptors (Lipinski definition) is 1. The highest BCUT2D eigenvalue weighted by Gasteiger charge is 2.39. The third-order valence-electron chi connectivity index (χ3n) is 3.72. The number of benzene rings is 1. The molecule has 1 aromatic carbocycles. The summed E-state index contributed by atoms with van der Waals surface area (Å²) in [5.41, 5.74) is 0.601. The second kappa shape index (κ2) is 5.21. The highest BCUT2D eigenvalue weighted by Crippen LogP contribution is 2.39. The maximum Gasteiger partial charge on any atom is 0.309 e. The van der Waals surface area contributed by atoms with Gasteiger partial charge in [0.25, 0.3) is 0 Å². The van der Waals surface area contributed by atoms with Gasteiger partial charge in [0.1, 0.15) is 0 Å². The number of carbonyl (C=O) groups is 1. The lowest BCUT2D eigenvalue weighted by Crippen LogP contribution is -2.35. The molecule has 1 fully saturated rings. The van der Waals surface area contributed by atoms with Crippen LogP contribution in [-0.4, -0.2) is 11.1 Å². The Labute approximate surface area is 110 Å². The van der Waals surface area contributed by atoms with Crippen LogP contribution in [0.15, 0.2) is 28.7 Å². The van der Waals surface area contributed by atoms with Gasteiger partial charge in [-0.1, -0.05) is 47.3 Å². The average Bonchev–Trinajstić information content (AvgIpc) is 2.33. The minimum absolute atomic E-state index is 0.522. The average molecular weight is 297 g/mol. The van der Waals surface area contributed by atoms with E-state index in [1.807, 2.05) is 24.3 Å². The summed E-state index contributed by atoms with van der Waals surface area (Å²) >= 11 is 3.40. The Balaban J connectivity index is 2.17. The molecule has 0 bridgehead atoms. The van der Waals surface area contributed by atoms with Crippen molar-refractivity contribution in [2.24, 2.45) is 5.41 Å². The Kier molecular flexibility index (Phi) is 3.87. The van der Waals surface area contributed by atoms with Crippen molar-refractivity contribution < 1.29 is 9.90 Å². The highest BCUT2D eigenvalue weighted by molar-refractivity contribution is 9.10. The summed E-state index contributed by atoms with van der Waals surface area (Å²) in [6.45, 7) is 0. The Morgan fingerprint density at radius 2 is 1.76 bits per heavy atom. The third-order valence-corrected chi connectivity index (χ3v) is 4.25. The van der Waals surface area contributed by atoms with Crippen molar-refractivity contribution in [1.82, 2.24) is 0 Å². The van der Waals surface area contributed by atoms with Gasteiger partial charge >= 0.3 is 5.97 Å². The molecule has 0 aliphatic heterocycles. The Morgan fingerprint density at radius 1 is 1.18 bits per heavy atom. The molecule has 0 atom stereocenters. The van der Waals surface area contributed by atoms with E-state index in [4.69, 9.17) is 0 Å². The maximum absolute atomic E-state index is 11.5. The summed E-state index contributed by atoms with van der Waals surface area (Å²) in [4.78, 5) is 11.5. The highest BCUT2D eigenvalue weighted by atomic mass is 79.9. The number of halogens is 1. The minimum Gasteiger partial charge on any atom is -0.481 e. The second-order valence-corrected chi connectivity index (χ2v) is 5.87. The lowest BCUT2D eigenvalue weighted by molar-refractivity contribution is -0.151. The van der Waals surface area contributed by atoms with Crippen LogP contribution in [0.5, 0.6) is 0 Å². The van der Waals surface area contributed by atoms with Gasteiger partial charge < -0.3 is 5.11 Å². The van der Waals surface area contributed by atoms with Crippen LogP contribution in [0.25, 0.3) is 0 Å². The van der Waals surface area contributed by atoms with Crippen molar-refractivity contribution >= 4 is 21.9 Å². The number of carboxylic acid groups (broad SMARTS) is 1. The summed E-state index contributed by atoms with van der Waals surface area (Å²) in [5.74, 6) is -0.625. The van der Waals surface area contributed by atoms with Crippen LogP contribution < -0.4 is 0 Å². The van der Waals surface area contributed by atoms with Gasteiger partial charge in [-0.3, -0.25) is 4.79 Å². The van der Waals surface area contributed by atoms with Gasteiger partial charge in [0.2, 0.25) is 0 Å². The Morgan fingerprint density at radius 3 is 2.29 bits per heavy atom. The summed E-state index contributed by atoms with van der Waals surface area (Å²) in [5, 5.41) is 9.50. The number of carboxylic acids is 1. The standard InChI is InChI=1S/C14H17BrO2/c15-12-6-4-11(5-7-12)10-14(13(16)17)8-2-1-3-9-14/h4-7H,1-3,8-10H2,(H,16,17). The Hall–Kier alpha value is -0.830. The fourth-order valence-electron chi connectivity index (χ4n) is 2.69. The van der Waals surface area contributed by atoms with Crippen molar-refractivity contribution in [3.63, 3.8) is 0 Å². The molecule has 0 saturated heterocycles. The zero-order valence-corrected chi connectivity index (χ0v) is 11.4. The second-order valence-electron chi connectivity index (χ2n) is 4.95. The summed E-state index contributed by atoms with van der Waals surface area (Å²) in [6, 6.07) is 7.99. The quantitative estimate of drug-likeness (QED) is 0.914. The van der Waals surface area contributed by atoms with E-state index >= 15 is 0 Å². The van der Waals surface area contributed by atoms with Crippen molar-refractivity contribution in [2.45, 2.75) is 38.5 Å².